The number of methoxy groups -OCH3 is 2. The van der Waals surface area contributed by atoms with Gasteiger partial charge in [0.2, 0.25) is 5.91 Å². The number of rotatable bonds is 7. The minimum atomic E-state index is -0.482. The normalized spacial score (nSPS) is 17.3. The number of hydrogen-bond acceptors (Lipinski definition) is 5. The van der Waals surface area contributed by atoms with Gasteiger partial charge in [-0.15, -0.1) is 0 Å². The fourth-order valence-electron chi connectivity index (χ4n) is 4.31. The van der Waals surface area contributed by atoms with E-state index in [0.29, 0.717) is 35.2 Å². The zero-order valence-electron chi connectivity index (χ0n) is 19.0. The van der Waals surface area contributed by atoms with Crippen LogP contribution in [0.15, 0.2) is 67.0 Å². The number of nitrogens with zero attached hydrogens (tertiary/aromatic N) is 2. The van der Waals surface area contributed by atoms with Crippen molar-refractivity contribution < 1.29 is 19.1 Å². The van der Waals surface area contributed by atoms with Crippen molar-refractivity contribution in [3.05, 3.63) is 88.7 Å². The molecule has 1 N–H and O–H groups in total. The molecule has 2 amide bonds. The molecule has 4 rings (SSSR count). The summed E-state index contributed by atoms with van der Waals surface area (Å²) in [6.45, 7) is 0.954. The monoisotopic (exact) mass is 479 g/mol. The molecule has 0 bridgehead atoms. The quantitative estimate of drug-likeness (QED) is 0.555. The Balaban J connectivity index is 1.64. The standard InChI is InChI=1S/C26H26ClN3O4/c1-33-18-9-10-24(34-2)20(12-18)21-15-30(26(32)19-7-3-4-8-23(19)27)16-22(21)25(31)29-14-17-6-5-11-28-13-17/h3-13,21-22H,14-16H2,1-2H3,(H,29,31). The smallest absolute Gasteiger partial charge is 0.255 e. The molecule has 2 atom stereocenters. The van der Waals surface area contributed by atoms with E-state index in [1.54, 1.807) is 61.8 Å². The fraction of sp³-hybridized carbons (Fsp3) is 0.269. The van der Waals surface area contributed by atoms with Crippen molar-refractivity contribution in [2.24, 2.45) is 5.92 Å². The second-order valence-electron chi connectivity index (χ2n) is 8.09. The maximum Gasteiger partial charge on any atom is 0.255 e. The number of carbonyl (C=O) groups is 2. The lowest BCUT2D eigenvalue weighted by atomic mass is 9.87. The number of halogens is 1. The summed E-state index contributed by atoms with van der Waals surface area (Å²) in [5, 5.41) is 3.38. The lowest BCUT2D eigenvalue weighted by Crippen LogP contribution is -2.35. The molecule has 176 valence electrons. The van der Waals surface area contributed by atoms with Crippen LogP contribution in [-0.4, -0.2) is 49.0 Å². The van der Waals surface area contributed by atoms with Gasteiger partial charge in [0.15, 0.2) is 0 Å². The molecule has 3 aromatic rings. The van der Waals surface area contributed by atoms with E-state index in [1.165, 1.54) is 0 Å². The van der Waals surface area contributed by atoms with Gasteiger partial charge in [-0.2, -0.15) is 0 Å². The van der Waals surface area contributed by atoms with Crippen LogP contribution >= 0.6 is 11.6 Å². The molecule has 0 saturated carbocycles. The van der Waals surface area contributed by atoms with Gasteiger partial charge in [0.1, 0.15) is 11.5 Å². The maximum absolute atomic E-state index is 13.4. The lowest BCUT2D eigenvalue weighted by molar-refractivity contribution is -0.125. The van der Waals surface area contributed by atoms with Gasteiger partial charge in [-0.3, -0.25) is 14.6 Å². The Labute approximate surface area is 203 Å². The number of benzene rings is 2. The van der Waals surface area contributed by atoms with Crippen LogP contribution in [0.4, 0.5) is 0 Å². The van der Waals surface area contributed by atoms with Gasteiger partial charge in [-0.25, -0.2) is 0 Å². The van der Waals surface area contributed by atoms with Crippen LogP contribution in [-0.2, 0) is 11.3 Å². The average Bonchev–Trinajstić information content (AvgIpc) is 3.33. The van der Waals surface area contributed by atoms with Crippen molar-refractivity contribution in [3.63, 3.8) is 0 Å². The van der Waals surface area contributed by atoms with E-state index < -0.39 is 5.92 Å². The Bertz CT molecular complexity index is 1170. The number of carbonyl (C=O) groups excluding carboxylic acids is 2. The highest BCUT2D eigenvalue weighted by Gasteiger charge is 2.42. The molecule has 1 fully saturated rings. The van der Waals surface area contributed by atoms with E-state index in [1.807, 2.05) is 24.3 Å². The van der Waals surface area contributed by atoms with Crippen LogP contribution in [0.5, 0.6) is 11.5 Å². The average molecular weight is 480 g/mol. The zero-order chi connectivity index (χ0) is 24.1. The van der Waals surface area contributed by atoms with E-state index in [9.17, 15) is 9.59 Å². The molecule has 2 unspecified atom stereocenters. The molecule has 1 aliphatic rings. The predicted octanol–water partition coefficient (Wildman–Crippen LogP) is 3.92. The van der Waals surface area contributed by atoms with Crippen molar-refractivity contribution in [3.8, 4) is 11.5 Å². The molecule has 0 spiro atoms. The number of likely N-dealkylation sites (tertiary alicyclic amines) is 1. The van der Waals surface area contributed by atoms with Gasteiger partial charge in [-0.1, -0.05) is 29.8 Å². The van der Waals surface area contributed by atoms with Crippen molar-refractivity contribution in [2.45, 2.75) is 12.5 Å². The predicted molar refractivity (Wildman–Crippen MR) is 129 cm³/mol. The van der Waals surface area contributed by atoms with Gasteiger partial charge >= 0.3 is 0 Å². The lowest BCUT2D eigenvalue weighted by Gasteiger charge is -2.21. The first-order chi connectivity index (χ1) is 16.5. The summed E-state index contributed by atoms with van der Waals surface area (Å²) in [6.07, 6.45) is 3.40. The third kappa shape index (κ3) is 4.99. The third-order valence-electron chi connectivity index (χ3n) is 6.07. The molecule has 1 aromatic heterocycles. The van der Waals surface area contributed by atoms with Crippen LogP contribution in [0.3, 0.4) is 0 Å². The molecule has 2 heterocycles. The number of nitrogens with one attached hydrogen (secondary N) is 1. The van der Waals surface area contributed by atoms with Crippen LogP contribution in [0.2, 0.25) is 5.02 Å². The number of ether oxygens (including phenoxy) is 2. The molecular formula is C26H26ClN3O4. The molecule has 2 aromatic carbocycles. The topological polar surface area (TPSA) is 80.8 Å². The third-order valence-corrected chi connectivity index (χ3v) is 6.40. The van der Waals surface area contributed by atoms with Gasteiger partial charge in [-0.05, 0) is 42.0 Å². The van der Waals surface area contributed by atoms with Crippen molar-refractivity contribution in [1.82, 2.24) is 15.2 Å². The summed E-state index contributed by atoms with van der Waals surface area (Å²) >= 11 is 6.29. The highest BCUT2D eigenvalue weighted by Crippen LogP contribution is 2.40. The number of hydrogen-bond donors (Lipinski definition) is 1. The molecule has 8 heteroatoms. The van der Waals surface area contributed by atoms with E-state index in [-0.39, 0.29) is 24.3 Å². The van der Waals surface area contributed by atoms with Gasteiger partial charge < -0.3 is 19.7 Å². The summed E-state index contributed by atoms with van der Waals surface area (Å²) in [5.41, 5.74) is 2.13. The van der Waals surface area contributed by atoms with Crippen molar-refractivity contribution >= 4 is 23.4 Å². The van der Waals surface area contributed by atoms with Crippen LogP contribution < -0.4 is 14.8 Å². The summed E-state index contributed by atoms with van der Waals surface area (Å²) in [5.74, 6) is 0.173. The molecule has 7 nitrogen and oxygen atoms in total. The summed E-state index contributed by atoms with van der Waals surface area (Å²) in [4.78, 5) is 32.4. The van der Waals surface area contributed by atoms with Gasteiger partial charge in [0.25, 0.3) is 5.91 Å². The number of amides is 2. The van der Waals surface area contributed by atoms with E-state index in [0.717, 1.165) is 11.1 Å². The van der Waals surface area contributed by atoms with E-state index in [2.05, 4.69) is 10.3 Å². The highest BCUT2D eigenvalue weighted by atomic mass is 35.5. The molecule has 0 radical (unpaired) electrons. The van der Waals surface area contributed by atoms with E-state index >= 15 is 0 Å². The van der Waals surface area contributed by atoms with Crippen molar-refractivity contribution in [1.29, 1.82) is 0 Å². The van der Waals surface area contributed by atoms with Gasteiger partial charge in [0, 0.05) is 43.5 Å². The zero-order valence-corrected chi connectivity index (χ0v) is 19.8. The van der Waals surface area contributed by atoms with Crippen LogP contribution in [0.1, 0.15) is 27.4 Å². The Morgan fingerprint density at radius 1 is 1.09 bits per heavy atom. The molecular weight excluding hydrogens is 454 g/mol. The molecule has 0 aliphatic carbocycles. The Morgan fingerprint density at radius 2 is 1.91 bits per heavy atom. The summed E-state index contributed by atoms with van der Waals surface area (Å²) < 4.78 is 11.0. The van der Waals surface area contributed by atoms with Crippen molar-refractivity contribution in [2.75, 3.05) is 27.3 Å². The second kappa shape index (κ2) is 10.6. The molecule has 34 heavy (non-hydrogen) atoms. The SMILES string of the molecule is COc1ccc(OC)c(C2CN(C(=O)c3ccccc3Cl)CC2C(=O)NCc2cccnc2)c1. The fourth-order valence-corrected chi connectivity index (χ4v) is 4.52. The highest BCUT2D eigenvalue weighted by molar-refractivity contribution is 6.33. The molecule has 1 saturated heterocycles. The first kappa shape index (κ1) is 23.6. The second-order valence-corrected chi connectivity index (χ2v) is 8.50. The Kier molecular flexibility index (Phi) is 7.33. The summed E-state index contributed by atoms with van der Waals surface area (Å²) in [6, 6.07) is 16.2. The maximum atomic E-state index is 13.4. The number of pyridine rings is 1. The minimum absolute atomic E-state index is 0.145. The molecule has 1 aliphatic heterocycles. The van der Waals surface area contributed by atoms with Crippen LogP contribution in [0.25, 0.3) is 0 Å². The first-order valence-electron chi connectivity index (χ1n) is 10.9. The minimum Gasteiger partial charge on any atom is -0.497 e. The number of aromatic nitrogens is 1. The first-order valence-corrected chi connectivity index (χ1v) is 11.3. The largest absolute Gasteiger partial charge is 0.497 e. The van der Waals surface area contributed by atoms with Crippen LogP contribution in [0, 0.1) is 5.92 Å². The van der Waals surface area contributed by atoms with E-state index in [4.69, 9.17) is 21.1 Å². The Hall–Kier alpha value is -3.58. The van der Waals surface area contributed by atoms with Gasteiger partial charge in [0.05, 0.1) is 30.7 Å². The Morgan fingerprint density at radius 3 is 2.62 bits per heavy atom. The summed E-state index contributed by atoms with van der Waals surface area (Å²) in [7, 11) is 3.18.